The standard InChI is InChI=1S/C18H25N5O2/c1-21(2)12-18(25)7-4-9-22(10-8-18)17(24)15-5-3-6-16(11-15)23-13-19-20-14-23/h3,5-6,11,13-14,25H,4,7-10,12H2,1-2H3. The summed E-state index contributed by atoms with van der Waals surface area (Å²) in [6.45, 7) is 1.86. The van der Waals surface area contributed by atoms with E-state index in [0.717, 1.165) is 18.5 Å². The van der Waals surface area contributed by atoms with E-state index in [1.54, 1.807) is 17.2 Å². The minimum absolute atomic E-state index is 0.00373. The van der Waals surface area contributed by atoms with Gasteiger partial charge in [0.2, 0.25) is 0 Å². The highest BCUT2D eigenvalue weighted by Crippen LogP contribution is 2.24. The Morgan fingerprint density at radius 2 is 2.00 bits per heavy atom. The van der Waals surface area contributed by atoms with Gasteiger partial charge in [0, 0.05) is 30.9 Å². The molecule has 0 saturated carbocycles. The highest BCUT2D eigenvalue weighted by Gasteiger charge is 2.32. The second-order valence-electron chi connectivity index (χ2n) is 7.03. The van der Waals surface area contributed by atoms with Crippen molar-refractivity contribution in [2.24, 2.45) is 0 Å². The van der Waals surface area contributed by atoms with Crippen molar-refractivity contribution >= 4 is 5.91 Å². The smallest absolute Gasteiger partial charge is 0.253 e. The summed E-state index contributed by atoms with van der Waals surface area (Å²) in [6, 6.07) is 7.46. The molecule has 1 unspecified atom stereocenters. The highest BCUT2D eigenvalue weighted by molar-refractivity contribution is 5.94. The van der Waals surface area contributed by atoms with Gasteiger partial charge < -0.3 is 14.9 Å². The second kappa shape index (κ2) is 7.33. The van der Waals surface area contributed by atoms with E-state index in [9.17, 15) is 9.90 Å². The number of amides is 1. The lowest BCUT2D eigenvalue weighted by Crippen LogP contribution is -2.41. The zero-order valence-electron chi connectivity index (χ0n) is 14.8. The Morgan fingerprint density at radius 3 is 2.72 bits per heavy atom. The third kappa shape index (κ3) is 4.24. The molecule has 3 rings (SSSR count). The molecular formula is C18H25N5O2. The van der Waals surface area contributed by atoms with E-state index in [1.165, 1.54) is 0 Å². The molecule has 0 radical (unpaired) electrons. The number of rotatable bonds is 4. The highest BCUT2D eigenvalue weighted by atomic mass is 16.3. The number of carbonyl (C=O) groups excluding carboxylic acids is 1. The Morgan fingerprint density at radius 1 is 1.24 bits per heavy atom. The van der Waals surface area contributed by atoms with Gasteiger partial charge in [0.05, 0.1) is 5.60 Å². The summed E-state index contributed by atoms with van der Waals surface area (Å²) >= 11 is 0. The number of hydrogen-bond donors (Lipinski definition) is 1. The molecule has 1 saturated heterocycles. The van der Waals surface area contributed by atoms with E-state index >= 15 is 0 Å². The van der Waals surface area contributed by atoms with Crippen molar-refractivity contribution in [2.75, 3.05) is 33.7 Å². The van der Waals surface area contributed by atoms with E-state index in [-0.39, 0.29) is 5.91 Å². The largest absolute Gasteiger partial charge is 0.388 e. The Balaban J connectivity index is 1.72. The van der Waals surface area contributed by atoms with E-state index < -0.39 is 5.60 Å². The number of carbonyl (C=O) groups is 1. The third-order valence-electron chi connectivity index (χ3n) is 4.62. The predicted octanol–water partition coefficient (Wildman–Crippen LogP) is 1.19. The molecule has 2 heterocycles. The summed E-state index contributed by atoms with van der Waals surface area (Å²) in [7, 11) is 3.92. The Labute approximate surface area is 147 Å². The molecule has 1 aliphatic heterocycles. The molecule has 1 amide bonds. The van der Waals surface area contributed by atoms with Crippen LogP contribution < -0.4 is 0 Å². The van der Waals surface area contributed by atoms with E-state index in [2.05, 4.69) is 10.2 Å². The number of likely N-dealkylation sites (tertiary alicyclic amines) is 1. The summed E-state index contributed by atoms with van der Waals surface area (Å²) < 4.78 is 1.77. The minimum atomic E-state index is -0.719. The lowest BCUT2D eigenvalue weighted by molar-refractivity contribution is 0.00305. The van der Waals surface area contributed by atoms with Crippen molar-refractivity contribution in [1.82, 2.24) is 24.6 Å². The molecule has 0 bridgehead atoms. The molecule has 1 aromatic carbocycles. The Kier molecular flexibility index (Phi) is 5.15. The molecule has 1 N–H and O–H groups in total. The van der Waals surface area contributed by atoms with Crippen molar-refractivity contribution in [3.63, 3.8) is 0 Å². The number of benzene rings is 1. The first-order chi connectivity index (χ1) is 12.0. The van der Waals surface area contributed by atoms with Crippen LogP contribution >= 0.6 is 0 Å². The van der Waals surface area contributed by atoms with E-state index in [4.69, 9.17) is 0 Å². The number of nitrogens with zero attached hydrogens (tertiary/aromatic N) is 5. The van der Waals surface area contributed by atoms with Crippen LogP contribution in [0.15, 0.2) is 36.9 Å². The summed E-state index contributed by atoms with van der Waals surface area (Å²) in [5.41, 5.74) is 0.780. The van der Waals surface area contributed by atoms with Crippen molar-refractivity contribution in [3.05, 3.63) is 42.5 Å². The van der Waals surface area contributed by atoms with Crippen molar-refractivity contribution < 1.29 is 9.90 Å². The molecule has 0 spiro atoms. The SMILES string of the molecule is CN(C)CC1(O)CCCN(C(=O)c2cccc(-n3cnnc3)c2)CC1. The summed E-state index contributed by atoms with van der Waals surface area (Å²) in [5, 5.41) is 18.4. The summed E-state index contributed by atoms with van der Waals surface area (Å²) in [4.78, 5) is 16.7. The maximum atomic E-state index is 12.9. The zero-order valence-corrected chi connectivity index (χ0v) is 14.8. The minimum Gasteiger partial charge on any atom is -0.388 e. The fourth-order valence-electron chi connectivity index (χ4n) is 3.44. The fraction of sp³-hybridized carbons (Fsp3) is 0.500. The average Bonchev–Trinajstić information content (AvgIpc) is 3.05. The van der Waals surface area contributed by atoms with Gasteiger partial charge in [0.1, 0.15) is 12.7 Å². The molecule has 1 aromatic heterocycles. The first-order valence-electron chi connectivity index (χ1n) is 8.58. The molecular weight excluding hydrogens is 318 g/mol. The van der Waals surface area contributed by atoms with Gasteiger partial charge in [-0.1, -0.05) is 6.07 Å². The first-order valence-corrected chi connectivity index (χ1v) is 8.58. The quantitative estimate of drug-likeness (QED) is 0.902. The van der Waals surface area contributed by atoms with Crippen LogP contribution in [0.2, 0.25) is 0 Å². The monoisotopic (exact) mass is 343 g/mol. The van der Waals surface area contributed by atoms with Crippen LogP contribution in [0.5, 0.6) is 0 Å². The fourth-order valence-corrected chi connectivity index (χ4v) is 3.44. The molecule has 134 valence electrons. The predicted molar refractivity (Wildman–Crippen MR) is 94.6 cm³/mol. The Hall–Kier alpha value is -2.25. The van der Waals surface area contributed by atoms with Crippen molar-refractivity contribution in [1.29, 1.82) is 0 Å². The van der Waals surface area contributed by atoms with Gasteiger partial charge in [0.15, 0.2) is 0 Å². The molecule has 25 heavy (non-hydrogen) atoms. The van der Waals surface area contributed by atoms with Gasteiger partial charge in [0.25, 0.3) is 5.91 Å². The molecule has 1 fully saturated rings. The van der Waals surface area contributed by atoms with Gasteiger partial charge in [-0.05, 0) is 51.6 Å². The number of aliphatic hydroxyl groups is 1. The van der Waals surface area contributed by atoms with Crippen LogP contribution in [0.3, 0.4) is 0 Å². The van der Waals surface area contributed by atoms with Gasteiger partial charge in [-0.2, -0.15) is 0 Å². The normalized spacial score (nSPS) is 21.4. The van der Waals surface area contributed by atoms with Crippen LogP contribution in [0.25, 0.3) is 5.69 Å². The van der Waals surface area contributed by atoms with E-state index in [1.807, 2.05) is 48.2 Å². The second-order valence-corrected chi connectivity index (χ2v) is 7.03. The topological polar surface area (TPSA) is 74.5 Å². The number of aromatic nitrogens is 3. The van der Waals surface area contributed by atoms with Gasteiger partial charge in [-0.3, -0.25) is 9.36 Å². The van der Waals surface area contributed by atoms with Crippen LogP contribution in [0, 0.1) is 0 Å². The number of likely N-dealkylation sites (N-methyl/N-ethyl adjacent to an activating group) is 1. The molecule has 1 aliphatic rings. The molecule has 7 heteroatoms. The van der Waals surface area contributed by atoms with Crippen molar-refractivity contribution in [3.8, 4) is 5.69 Å². The van der Waals surface area contributed by atoms with Crippen LogP contribution in [0.4, 0.5) is 0 Å². The summed E-state index contributed by atoms with van der Waals surface area (Å²) in [6.07, 6.45) is 5.34. The lowest BCUT2D eigenvalue weighted by Gasteiger charge is -2.30. The average molecular weight is 343 g/mol. The number of hydrogen-bond acceptors (Lipinski definition) is 5. The zero-order chi connectivity index (χ0) is 17.9. The van der Waals surface area contributed by atoms with E-state index in [0.29, 0.717) is 31.6 Å². The Bertz CT molecular complexity index is 716. The van der Waals surface area contributed by atoms with Crippen LogP contribution in [-0.2, 0) is 0 Å². The van der Waals surface area contributed by atoms with Crippen molar-refractivity contribution in [2.45, 2.75) is 24.9 Å². The van der Waals surface area contributed by atoms with Crippen LogP contribution in [0.1, 0.15) is 29.6 Å². The first kappa shape index (κ1) is 17.6. The molecule has 2 aromatic rings. The van der Waals surface area contributed by atoms with Gasteiger partial charge in [-0.15, -0.1) is 10.2 Å². The van der Waals surface area contributed by atoms with Gasteiger partial charge in [-0.25, -0.2) is 0 Å². The lowest BCUT2D eigenvalue weighted by atomic mass is 9.94. The molecule has 7 nitrogen and oxygen atoms in total. The molecule has 1 atom stereocenters. The molecule has 0 aliphatic carbocycles. The third-order valence-corrected chi connectivity index (χ3v) is 4.62. The maximum absolute atomic E-state index is 12.9. The van der Waals surface area contributed by atoms with Crippen LogP contribution in [-0.4, -0.2) is 74.9 Å². The van der Waals surface area contributed by atoms with Gasteiger partial charge >= 0.3 is 0 Å². The summed E-state index contributed by atoms with van der Waals surface area (Å²) in [5.74, 6) is 0.00373. The maximum Gasteiger partial charge on any atom is 0.253 e.